The molecule has 0 aliphatic rings. The first-order chi connectivity index (χ1) is 9.13. The lowest BCUT2D eigenvalue weighted by molar-refractivity contribution is -0.141. The van der Waals surface area contributed by atoms with Crippen molar-refractivity contribution in [1.82, 2.24) is 5.32 Å². The summed E-state index contributed by atoms with van der Waals surface area (Å²) < 4.78 is 0. The number of carboxylic acid groups (broad SMARTS) is 1. The highest BCUT2D eigenvalue weighted by atomic mass is 32.2. The van der Waals surface area contributed by atoms with E-state index in [2.05, 4.69) is 5.32 Å². The van der Waals surface area contributed by atoms with E-state index in [0.717, 1.165) is 5.56 Å². The molecule has 0 saturated carbocycles. The fraction of sp³-hybridized carbons (Fsp3) is 0.429. The lowest BCUT2D eigenvalue weighted by Gasteiger charge is -2.14. The third kappa shape index (κ3) is 6.29. The van der Waals surface area contributed by atoms with Crippen molar-refractivity contribution in [2.24, 2.45) is 0 Å². The highest BCUT2D eigenvalue weighted by molar-refractivity contribution is 7.98. The number of carboxylic acids is 1. The first-order valence-corrected chi connectivity index (χ1v) is 7.58. The van der Waals surface area contributed by atoms with Gasteiger partial charge >= 0.3 is 5.97 Å². The maximum absolute atomic E-state index is 11.5. The quantitative estimate of drug-likeness (QED) is 0.764. The highest BCUT2D eigenvalue weighted by Crippen LogP contribution is 2.06. The van der Waals surface area contributed by atoms with Gasteiger partial charge in [0.05, 0.1) is 0 Å². The van der Waals surface area contributed by atoms with Crippen molar-refractivity contribution < 1.29 is 14.7 Å². The molecule has 0 aromatic heterocycles. The SMILES string of the molecule is CSCCC(=O)N[C@@H](CCc1ccccc1)C(=O)O. The van der Waals surface area contributed by atoms with Crippen LogP contribution in [0, 0.1) is 0 Å². The number of rotatable bonds is 8. The van der Waals surface area contributed by atoms with Gasteiger partial charge in [-0.25, -0.2) is 4.79 Å². The zero-order chi connectivity index (χ0) is 14.1. The Hall–Kier alpha value is -1.49. The van der Waals surface area contributed by atoms with Crippen LogP contribution in [0.5, 0.6) is 0 Å². The van der Waals surface area contributed by atoms with Gasteiger partial charge in [0, 0.05) is 12.2 Å². The van der Waals surface area contributed by atoms with E-state index in [1.807, 2.05) is 36.6 Å². The van der Waals surface area contributed by atoms with Crippen LogP contribution in [-0.4, -0.2) is 35.0 Å². The third-order valence-corrected chi connectivity index (χ3v) is 3.34. The molecule has 0 radical (unpaired) electrons. The number of carbonyl (C=O) groups is 2. The Bertz CT molecular complexity index is 408. The standard InChI is InChI=1S/C14H19NO3S/c1-19-10-9-13(16)15-12(14(17)18)8-7-11-5-3-2-4-6-11/h2-6,12H,7-10H2,1H3,(H,15,16)(H,17,18)/t12-/m0/s1. The second kappa shape index (κ2) is 8.58. The Morgan fingerprint density at radius 2 is 2.00 bits per heavy atom. The van der Waals surface area contributed by atoms with Gasteiger partial charge in [-0.05, 0) is 24.7 Å². The molecule has 2 N–H and O–H groups in total. The number of benzene rings is 1. The summed E-state index contributed by atoms with van der Waals surface area (Å²) in [7, 11) is 0. The predicted molar refractivity (Wildman–Crippen MR) is 77.3 cm³/mol. The lowest BCUT2D eigenvalue weighted by Crippen LogP contribution is -2.41. The van der Waals surface area contributed by atoms with E-state index < -0.39 is 12.0 Å². The lowest BCUT2D eigenvalue weighted by atomic mass is 10.1. The van der Waals surface area contributed by atoms with Crippen molar-refractivity contribution in [1.29, 1.82) is 0 Å². The molecular weight excluding hydrogens is 262 g/mol. The van der Waals surface area contributed by atoms with Crippen molar-refractivity contribution in [3.63, 3.8) is 0 Å². The topological polar surface area (TPSA) is 66.4 Å². The Labute approximate surface area is 117 Å². The third-order valence-electron chi connectivity index (χ3n) is 2.73. The molecule has 4 nitrogen and oxygen atoms in total. The summed E-state index contributed by atoms with van der Waals surface area (Å²) in [6, 6.07) is 8.85. The molecule has 0 spiro atoms. The maximum Gasteiger partial charge on any atom is 0.326 e. The Kier molecular flexibility index (Phi) is 7.03. The number of thioether (sulfide) groups is 1. The average Bonchev–Trinajstić information content (AvgIpc) is 2.42. The van der Waals surface area contributed by atoms with Gasteiger partial charge in [0.2, 0.25) is 5.91 Å². The van der Waals surface area contributed by atoms with E-state index in [9.17, 15) is 9.59 Å². The minimum absolute atomic E-state index is 0.199. The number of amides is 1. The molecule has 1 rings (SSSR count). The molecule has 0 fully saturated rings. The van der Waals surface area contributed by atoms with Crippen LogP contribution in [0.25, 0.3) is 0 Å². The van der Waals surface area contributed by atoms with Crippen molar-refractivity contribution in [3.8, 4) is 0 Å². The maximum atomic E-state index is 11.5. The monoisotopic (exact) mass is 281 g/mol. The molecule has 0 bridgehead atoms. The van der Waals surface area contributed by atoms with E-state index in [1.165, 1.54) is 0 Å². The molecular formula is C14H19NO3S. The van der Waals surface area contributed by atoms with Gasteiger partial charge in [-0.15, -0.1) is 0 Å². The first-order valence-electron chi connectivity index (χ1n) is 6.18. The summed E-state index contributed by atoms with van der Waals surface area (Å²) in [5.41, 5.74) is 1.08. The van der Waals surface area contributed by atoms with Crippen LogP contribution < -0.4 is 5.32 Å². The number of carbonyl (C=O) groups excluding carboxylic acids is 1. The summed E-state index contributed by atoms with van der Waals surface area (Å²) >= 11 is 1.57. The second-order valence-corrected chi connectivity index (χ2v) is 5.21. The number of hydrogen-bond donors (Lipinski definition) is 2. The molecule has 104 valence electrons. The molecule has 1 aromatic carbocycles. The van der Waals surface area contributed by atoms with Crippen molar-refractivity contribution >= 4 is 23.6 Å². The molecule has 0 unspecified atom stereocenters. The molecule has 1 aromatic rings. The van der Waals surface area contributed by atoms with Crippen molar-refractivity contribution in [3.05, 3.63) is 35.9 Å². The molecule has 5 heteroatoms. The minimum Gasteiger partial charge on any atom is -0.480 e. The number of aryl methyl sites for hydroxylation is 1. The van der Waals surface area contributed by atoms with Gasteiger partial charge in [-0.3, -0.25) is 4.79 Å². The molecule has 1 amide bonds. The summed E-state index contributed by atoms with van der Waals surface area (Å²) in [4.78, 5) is 22.7. The Morgan fingerprint density at radius 3 is 2.58 bits per heavy atom. The van der Waals surface area contributed by atoms with Crippen LogP contribution in [0.1, 0.15) is 18.4 Å². The molecule has 0 aliphatic heterocycles. The van der Waals surface area contributed by atoms with E-state index in [4.69, 9.17) is 5.11 Å². The molecule has 1 atom stereocenters. The van der Waals surface area contributed by atoms with Crippen LogP contribution in [0.2, 0.25) is 0 Å². The summed E-state index contributed by atoms with van der Waals surface area (Å²) in [5.74, 6) is -0.472. The highest BCUT2D eigenvalue weighted by Gasteiger charge is 2.19. The number of aliphatic carboxylic acids is 1. The minimum atomic E-state index is -0.978. The van der Waals surface area contributed by atoms with Crippen molar-refractivity contribution in [2.45, 2.75) is 25.3 Å². The van der Waals surface area contributed by atoms with E-state index in [-0.39, 0.29) is 5.91 Å². The normalized spacial score (nSPS) is 11.8. The molecule has 0 heterocycles. The van der Waals surface area contributed by atoms with Gasteiger partial charge in [0.25, 0.3) is 0 Å². The molecule has 0 saturated heterocycles. The number of nitrogens with one attached hydrogen (secondary N) is 1. The Balaban J connectivity index is 2.45. The van der Waals surface area contributed by atoms with Gasteiger partial charge in [-0.1, -0.05) is 30.3 Å². The fourth-order valence-corrected chi connectivity index (χ4v) is 2.06. The second-order valence-electron chi connectivity index (χ2n) is 4.23. The van der Waals surface area contributed by atoms with Crippen molar-refractivity contribution in [2.75, 3.05) is 12.0 Å². The van der Waals surface area contributed by atoms with Gasteiger partial charge < -0.3 is 10.4 Å². The van der Waals surface area contributed by atoms with E-state index in [0.29, 0.717) is 25.0 Å². The zero-order valence-electron chi connectivity index (χ0n) is 11.0. The van der Waals surface area contributed by atoms with Gasteiger partial charge in [0.15, 0.2) is 0 Å². The predicted octanol–water partition coefficient (Wildman–Crippen LogP) is 1.94. The summed E-state index contributed by atoms with van der Waals surface area (Å²) in [6.45, 7) is 0. The molecule has 0 aliphatic carbocycles. The van der Waals surface area contributed by atoms with Gasteiger partial charge in [-0.2, -0.15) is 11.8 Å². The van der Waals surface area contributed by atoms with Crippen LogP contribution in [0.4, 0.5) is 0 Å². The largest absolute Gasteiger partial charge is 0.480 e. The smallest absolute Gasteiger partial charge is 0.326 e. The van der Waals surface area contributed by atoms with Gasteiger partial charge in [0.1, 0.15) is 6.04 Å². The van der Waals surface area contributed by atoms with Crippen LogP contribution in [-0.2, 0) is 16.0 Å². The average molecular weight is 281 g/mol. The summed E-state index contributed by atoms with van der Waals surface area (Å²) in [6.07, 6.45) is 3.32. The fourth-order valence-electron chi connectivity index (χ4n) is 1.67. The van der Waals surface area contributed by atoms with E-state index >= 15 is 0 Å². The van der Waals surface area contributed by atoms with Crippen LogP contribution in [0.15, 0.2) is 30.3 Å². The van der Waals surface area contributed by atoms with Crippen LogP contribution in [0.3, 0.4) is 0 Å². The zero-order valence-corrected chi connectivity index (χ0v) is 11.8. The molecule has 19 heavy (non-hydrogen) atoms. The van der Waals surface area contributed by atoms with Crippen LogP contribution >= 0.6 is 11.8 Å². The van der Waals surface area contributed by atoms with E-state index in [1.54, 1.807) is 11.8 Å². The summed E-state index contributed by atoms with van der Waals surface area (Å²) in [5, 5.41) is 11.7. The first kappa shape index (κ1) is 15.6. The number of hydrogen-bond acceptors (Lipinski definition) is 3. The Morgan fingerprint density at radius 1 is 1.32 bits per heavy atom.